The van der Waals surface area contributed by atoms with E-state index in [9.17, 15) is 18.3 Å². The summed E-state index contributed by atoms with van der Waals surface area (Å²) in [5, 5.41) is 10.1. The van der Waals surface area contributed by atoms with Gasteiger partial charge in [-0.05, 0) is 6.42 Å². The molecule has 1 N–H and O–H groups in total. The molecular formula is C12H18F3N3OS. The molecule has 1 aromatic rings. The van der Waals surface area contributed by atoms with Crippen molar-refractivity contribution in [3.63, 3.8) is 0 Å². The minimum atomic E-state index is -4.14. The number of aromatic nitrogens is 1. The third kappa shape index (κ3) is 3.83. The second-order valence-electron chi connectivity index (χ2n) is 4.76. The van der Waals surface area contributed by atoms with E-state index in [0.29, 0.717) is 26.2 Å². The van der Waals surface area contributed by atoms with Crippen LogP contribution in [-0.2, 0) is 13.0 Å². The molecule has 1 fully saturated rings. The Morgan fingerprint density at radius 1 is 1.25 bits per heavy atom. The topological polar surface area (TPSA) is 39.6 Å². The van der Waals surface area contributed by atoms with Gasteiger partial charge >= 0.3 is 6.18 Å². The van der Waals surface area contributed by atoms with E-state index in [4.69, 9.17) is 0 Å². The largest absolute Gasteiger partial charge is 0.401 e. The molecule has 0 bridgehead atoms. The summed E-state index contributed by atoms with van der Waals surface area (Å²) in [6.07, 6.45) is -3.39. The van der Waals surface area contributed by atoms with E-state index in [1.54, 1.807) is 0 Å². The van der Waals surface area contributed by atoms with Crippen molar-refractivity contribution in [2.75, 3.05) is 37.6 Å². The van der Waals surface area contributed by atoms with Gasteiger partial charge in [0.1, 0.15) is 0 Å². The number of aliphatic hydroxyl groups is 1. The van der Waals surface area contributed by atoms with Crippen LogP contribution in [-0.4, -0.2) is 53.9 Å². The van der Waals surface area contributed by atoms with Gasteiger partial charge in [0.25, 0.3) is 0 Å². The Labute approximate surface area is 119 Å². The summed E-state index contributed by atoms with van der Waals surface area (Å²) in [5.41, 5.74) is 0.880. The quantitative estimate of drug-likeness (QED) is 0.922. The van der Waals surface area contributed by atoms with E-state index in [2.05, 4.69) is 4.98 Å². The molecule has 1 aliphatic rings. The molecule has 0 radical (unpaired) electrons. The molecule has 2 rings (SSSR count). The van der Waals surface area contributed by atoms with E-state index < -0.39 is 12.7 Å². The number of anilines is 1. The minimum absolute atomic E-state index is 0.0329. The van der Waals surface area contributed by atoms with Gasteiger partial charge in [-0.2, -0.15) is 13.2 Å². The molecule has 0 aliphatic carbocycles. The van der Waals surface area contributed by atoms with Gasteiger partial charge in [0.15, 0.2) is 5.13 Å². The van der Waals surface area contributed by atoms with E-state index in [0.717, 1.165) is 22.1 Å². The van der Waals surface area contributed by atoms with Crippen molar-refractivity contribution in [1.29, 1.82) is 0 Å². The van der Waals surface area contributed by atoms with Gasteiger partial charge in [-0.3, -0.25) is 4.90 Å². The molecule has 0 spiro atoms. The average molecular weight is 309 g/mol. The van der Waals surface area contributed by atoms with Crippen LogP contribution in [0.1, 0.15) is 17.5 Å². The predicted molar refractivity (Wildman–Crippen MR) is 72.1 cm³/mol. The zero-order valence-corrected chi connectivity index (χ0v) is 12.1. The van der Waals surface area contributed by atoms with E-state index in [1.807, 2.05) is 11.8 Å². The van der Waals surface area contributed by atoms with E-state index in [1.165, 1.54) is 16.2 Å². The molecule has 1 saturated heterocycles. The van der Waals surface area contributed by atoms with E-state index >= 15 is 0 Å². The maximum Gasteiger partial charge on any atom is 0.401 e. The van der Waals surface area contributed by atoms with Gasteiger partial charge in [0.05, 0.1) is 23.7 Å². The molecule has 8 heteroatoms. The molecule has 114 valence electrons. The van der Waals surface area contributed by atoms with Crippen LogP contribution in [0.4, 0.5) is 18.3 Å². The standard InChI is InChI=1S/C12H18F3N3OS/c1-2-9-10(7-19)20-11(16-9)18-5-3-17(4-6-18)8-12(13,14)15/h19H,2-8H2,1H3. The first-order valence-electron chi connectivity index (χ1n) is 6.56. The van der Waals surface area contributed by atoms with Crippen molar-refractivity contribution >= 4 is 16.5 Å². The molecule has 4 nitrogen and oxygen atoms in total. The van der Waals surface area contributed by atoms with Crippen LogP contribution in [0, 0.1) is 0 Å². The number of aliphatic hydroxyl groups excluding tert-OH is 1. The second-order valence-corrected chi connectivity index (χ2v) is 5.82. The zero-order chi connectivity index (χ0) is 14.8. The van der Waals surface area contributed by atoms with Crippen molar-refractivity contribution in [3.8, 4) is 0 Å². The molecule has 1 aromatic heterocycles. The van der Waals surface area contributed by atoms with Gasteiger partial charge in [-0.25, -0.2) is 4.98 Å². The van der Waals surface area contributed by atoms with Crippen molar-refractivity contribution in [1.82, 2.24) is 9.88 Å². The lowest BCUT2D eigenvalue weighted by Gasteiger charge is -2.34. The summed E-state index contributed by atoms with van der Waals surface area (Å²) in [7, 11) is 0. The highest BCUT2D eigenvalue weighted by Gasteiger charge is 2.32. The van der Waals surface area contributed by atoms with Gasteiger partial charge in [0, 0.05) is 26.2 Å². The number of hydrogen-bond donors (Lipinski definition) is 1. The molecular weight excluding hydrogens is 291 g/mol. The number of nitrogens with zero attached hydrogens (tertiary/aromatic N) is 3. The summed E-state index contributed by atoms with van der Waals surface area (Å²) < 4.78 is 36.9. The molecule has 0 aromatic carbocycles. The number of thiazole rings is 1. The van der Waals surface area contributed by atoms with E-state index in [-0.39, 0.29) is 6.61 Å². The van der Waals surface area contributed by atoms with Crippen molar-refractivity contribution in [2.45, 2.75) is 26.1 Å². The fourth-order valence-corrected chi connectivity index (χ4v) is 3.32. The highest BCUT2D eigenvalue weighted by molar-refractivity contribution is 7.15. The lowest BCUT2D eigenvalue weighted by molar-refractivity contribution is -0.146. The molecule has 20 heavy (non-hydrogen) atoms. The van der Waals surface area contributed by atoms with Crippen LogP contribution in [0.15, 0.2) is 0 Å². The van der Waals surface area contributed by atoms with Gasteiger partial charge in [-0.1, -0.05) is 18.3 Å². The Bertz CT molecular complexity index is 420. The maximum absolute atomic E-state index is 12.3. The number of piperazine rings is 1. The first kappa shape index (κ1) is 15.5. The Morgan fingerprint density at radius 3 is 2.35 bits per heavy atom. The monoisotopic (exact) mass is 309 g/mol. The average Bonchev–Trinajstić information content (AvgIpc) is 2.81. The first-order chi connectivity index (χ1) is 9.43. The minimum Gasteiger partial charge on any atom is -0.391 e. The Hall–Kier alpha value is -0.860. The number of alkyl halides is 3. The molecule has 1 aliphatic heterocycles. The summed E-state index contributed by atoms with van der Waals surface area (Å²) >= 11 is 1.43. The van der Waals surface area contributed by atoms with Gasteiger partial charge in [-0.15, -0.1) is 0 Å². The molecule has 0 unspecified atom stereocenters. The zero-order valence-electron chi connectivity index (χ0n) is 11.3. The molecule has 2 heterocycles. The smallest absolute Gasteiger partial charge is 0.391 e. The van der Waals surface area contributed by atoms with Crippen LogP contribution in [0.2, 0.25) is 0 Å². The van der Waals surface area contributed by atoms with Crippen molar-refractivity contribution in [3.05, 3.63) is 10.6 Å². The van der Waals surface area contributed by atoms with Crippen molar-refractivity contribution < 1.29 is 18.3 Å². The highest BCUT2D eigenvalue weighted by atomic mass is 32.1. The number of hydrogen-bond acceptors (Lipinski definition) is 5. The molecule has 0 amide bonds. The fraction of sp³-hybridized carbons (Fsp3) is 0.750. The molecule has 0 saturated carbocycles. The summed E-state index contributed by atoms with van der Waals surface area (Å²) in [5.74, 6) is 0. The lowest BCUT2D eigenvalue weighted by Crippen LogP contribution is -2.49. The van der Waals surface area contributed by atoms with Crippen LogP contribution in [0.3, 0.4) is 0 Å². The third-order valence-corrected chi connectivity index (χ3v) is 4.43. The predicted octanol–water partition coefficient (Wildman–Crippen LogP) is 1.88. The van der Waals surface area contributed by atoms with Crippen LogP contribution < -0.4 is 4.90 Å². The number of rotatable bonds is 4. The van der Waals surface area contributed by atoms with Crippen molar-refractivity contribution in [2.24, 2.45) is 0 Å². The second kappa shape index (κ2) is 6.28. The van der Waals surface area contributed by atoms with Crippen LogP contribution >= 0.6 is 11.3 Å². The Balaban J connectivity index is 1.95. The summed E-state index contributed by atoms with van der Waals surface area (Å²) in [4.78, 5) is 8.72. The maximum atomic E-state index is 12.3. The Morgan fingerprint density at radius 2 is 1.90 bits per heavy atom. The van der Waals surface area contributed by atoms with Gasteiger partial charge < -0.3 is 10.0 Å². The highest BCUT2D eigenvalue weighted by Crippen LogP contribution is 2.28. The third-order valence-electron chi connectivity index (χ3n) is 3.29. The lowest BCUT2D eigenvalue weighted by atomic mass is 10.3. The normalized spacial score (nSPS) is 17.8. The first-order valence-corrected chi connectivity index (χ1v) is 7.38. The number of halogens is 3. The molecule has 0 atom stereocenters. The van der Waals surface area contributed by atoms with Crippen LogP contribution in [0.25, 0.3) is 0 Å². The van der Waals surface area contributed by atoms with Gasteiger partial charge in [0.2, 0.25) is 0 Å². The summed E-state index contributed by atoms with van der Waals surface area (Å²) in [6, 6.07) is 0. The fourth-order valence-electron chi connectivity index (χ4n) is 2.26. The summed E-state index contributed by atoms with van der Waals surface area (Å²) in [6.45, 7) is 2.94. The number of aryl methyl sites for hydroxylation is 1. The van der Waals surface area contributed by atoms with Crippen LogP contribution in [0.5, 0.6) is 0 Å². The Kier molecular flexibility index (Phi) is 4.87. The SMILES string of the molecule is CCc1nc(N2CCN(CC(F)(F)F)CC2)sc1CO.